The van der Waals surface area contributed by atoms with E-state index < -0.39 is 0 Å². The van der Waals surface area contributed by atoms with Crippen LogP contribution < -0.4 is 0 Å². The summed E-state index contributed by atoms with van der Waals surface area (Å²) in [4.78, 5) is 23.0. The molecule has 0 radical (unpaired) electrons. The number of rotatable bonds is 7. The molecule has 1 aliphatic heterocycles. The van der Waals surface area contributed by atoms with Crippen molar-refractivity contribution in [2.24, 2.45) is 5.92 Å². The van der Waals surface area contributed by atoms with Crippen LogP contribution in [0.1, 0.15) is 52.9 Å². The molecule has 0 amide bonds. The third-order valence-electron chi connectivity index (χ3n) is 3.58. The minimum absolute atomic E-state index is 0.0544. The van der Waals surface area contributed by atoms with Gasteiger partial charge in [0.25, 0.3) is 0 Å². The van der Waals surface area contributed by atoms with Gasteiger partial charge in [-0.25, -0.2) is 4.79 Å². The summed E-state index contributed by atoms with van der Waals surface area (Å²) in [6.07, 6.45) is 3.33. The molecule has 5 heteroatoms. The summed E-state index contributed by atoms with van der Waals surface area (Å²) in [5.74, 6) is -0.161. The molecule has 0 aromatic rings. The maximum atomic E-state index is 11.9. The number of hydrogen-bond acceptors (Lipinski definition) is 5. The lowest BCUT2D eigenvalue weighted by atomic mass is 10.0. The highest BCUT2D eigenvalue weighted by molar-refractivity contribution is 5.86. The van der Waals surface area contributed by atoms with E-state index in [1.807, 2.05) is 6.92 Å². The van der Waals surface area contributed by atoms with E-state index in [-0.39, 0.29) is 24.1 Å². The van der Waals surface area contributed by atoms with Crippen LogP contribution in [0.25, 0.3) is 0 Å². The van der Waals surface area contributed by atoms with Crippen molar-refractivity contribution in [3.8, 4) is 0 Å². The molecule has 0 spiro atoms. The second-order valence-corrected chi connectivity index (χ2v) is 6.21. The number of unbranched alkanes of at least 4 members (excludes halogenated alkanes) is 1. The van der Waals surface area contributed by atoms with Crippen LogP contribution in [-0.4, -0.2) is 37.4 Å². The molecular formula is C17H28O5. The van der Waals surface area contributed by atoms with Crippen LogP contribution in [0, 0.1) is 5.92 Å². The van der Waals surface area contributed by atoms with E-state index in [0.717, 1.165) is 19.4 Å². The van der Waals surface area contributed by atoms with E-state index in [1.165, 1.54) is 0 Å². The van der Waals surface area contributed by atoms with Crippen LogP contribution in [-0.2, 0) is 23.8 Å². The molecule has 0 aromatic carbocycles. The van der Waals surface area contributed by atoms with Crippen molar-refractivity contribution < 1.29 is 23.8 Å². The molecule has 126 valence electrons. The van der Waals surface area contributed by atoms with Gasteiger partial charge in [0.05, 0.1) is 12.7 Å². The molecule has 0 aromatic heterocycles. The van der Waals surface area contributed by atoms with Crippen LogP contribution in [0.4, 0.5) is 0 Å². The molecule has 1 unspecified atom stereocenters. The first-order chi connectivity index (χ1) is 10.4. The van der Waals surface area contributed by atoms with E-state index in [2.05, 4.69) is 13.5 Å². The van der Waals surface area contributed by atoms with Crippen molar-refractivity contribution in [3.05, 3.63) is 12.2 Å². The number of carbonyl (C=O) groups excluding carboxylic acids is 2. The Bertz CT molecular complexity index is 379. The fourth-order valence-corrected chi connectivity index (χ4v) is 2.38. The summed E-state index contributed by atoms with van der Waals surface area (Å²) in [6.45, 7) is 10.3. The molecule has 5 nitrogen and oxygen atoms in total. The predicted molar refractivity (Wildman–Crippen MR) is 83.3 cm³/mol. The van der Waals surface area contributed by atoms with E-state index in [0.29, 0.717) is 37.4 Å². The normalized spacial score (nSPS) is 25.1. The van der Waals surface area contributed by atoms with Crippen LogP contribution in [0.2, 0.25) is 0 Å². The minimum Gasteiger partial charge on any atom is -0.462 e. The lowest BCUT2D eigenvalue weighted by Gasteiger charge is -2.18. The van der Waals surface area contributed by atoms with Crippen molar-refractivity contribution >= 4 is 11.9 Å². The number of carbonyl (C=O) groups is 2. The molecule has 0 N–H and O–H groups in total. The van der Waals surface area contributed by atoms with Gasteiger partial charge in [-0.2, -0.15) is 0 Å². The standard InChI is InChI=1S/C17H28O5/c1-12(2)17(19)20-8-6-5-7-16(18)22-15-9-13(3)11-21-14(4)10-15/h13-15H,1,5-11H2,2-4H3/t13-,14?,15+/m0/s1. The third-order valence-corrected chi connectivity index (χ3v) is 3.58. The highest BCUT2D eigenvalue weighted by Crippen LogP contribution is 2.21. The van der Waals surface area contributed by atoms with Gasteiger partial charge in [0.15, 0.2) is 0 Å². The molecular weight excluding hydrogens is 284 g/mol. The Morgan fingerprint density at radius 1 is 1.23 bits per heavy atom. The Morgan fingerprint density at radius 3 is 2.64 bits per heavy atom. The van der Waals surface area contributed by atoms with Crippen molar-refractivity contribution in [3.63, 3.8) is 0 Å². The number of hydrogen-bond donors (Lipinski definition) is 0. The first-order valence-corrected chi connectivity index (χ1v) is 8.02. The lowest BCUT2D eigenvalue weighted by molar-refractivity contribution is -0.150. The van der Waals surface area contributed by atoms with Crippen molar-refractivity contribution in [2.75, 3.05) is 13.2 Å². The number of ether oxygens (including phenoxy) is 3. The SMILES string of the molecule is C=C(C)C(=O)OCCCCC(=O)O[C@H]1CC(C)OC[C@@H](C)C1. The Hall–Kier alpha value is -1.36. The van der Waals surface area contributed by atoms with Crippen LogP contribution in [0.5, 0.6) is 0 Å². The van der Waals surface area contributed by atoms with E-state index in [4.69, 9.17) is 14.2 Å². The molecule has 1 heterocycles. The zero-order valence-electron chi connectivity index (χ0n) is 13.9. The lowest BCUT2D eigenvalue weighted by Crippen LogP contribution is -2.22. The van der Waals surface area contributed by atoms with Crippen LogP contribution >= 0.6 is 0 Å². The topological polar surface area (TPSA) is 61.8 Å². The van der Waals surface area contributed by atoms with Gasteiger partial charge in [-0.3, -0.25) is 4.79 Å². The molecule has 0 bridgehead atoms. The summed E-state index contributed by atoms with van der Waals surface area (Å²) in [5.41, 5.74) is 0.387. The zero-order valence-corrected chi connectivity index (χ0v) is 13.9. The largest absolute Gasteiger partial charge is 0.462 e. The van der Waals surface area contributed by atoms with Gasteiger partial charge in [-0.05, 0) is 39.0 Å². The van der Waals surface area contributed by atoms with Gasteiger partial charge < -0.3 is 14.2 Å². The molecule has 22 heavy (non-hydrogen) atoms. The summed E-state index contributed by atoms with van der Waals surface area (Å²) >= 11 is 0. The Balaban J connectivity index is 2.17. The maximum absolute atomic E-state index is 11.9. The monoisotopic (exact) mass is 312 g/mol. The first kappa shape index (κ1) is 18.7. The average Bonchev–Trinajstić information content (AvgIpc) is 2.59. The van der Waals surface area contributed by atoms with E-state index >= 15 is 0 Å². The summed E-state index contributed by atoms with van der Waals surface area (Å²) in [6, 6.07) is 0. The molecule has 0 saturated carbocycles. The van der Waals surface area contributed by atoms with Crippen molar-refractivity contribution in [1.82, 2.24) is 0 Å². The Morgan fingerprint density at radius 2 is 1.95 bits per heavy atom. The quantitative estimate of drug-likeness (QED) is 0.411. The fourth-order valence-electron chi connectivity index (χ4n) is 2.38. The van der Waals surface area contributed by atoms with Crippen LogP contribution in [0.3, 0.4) is 0 Å². The minimum atomic E-state index is -0.385. The van der Waals surface area contributed by atoms with Gasteiger partial charge >= 0.3 is 11.9 Å². The van der Waals surface area contributed by atoms with Crippen molar-refractivity contribution in [1.29, 1.82) is 0 Å². The van der Waals surface area contributed by atoms with E-state index in [1.54, 1.807) is 6.92 Å². The number of esters is 2. The van der Waals surface area contributed by atoms with Crippen molar-refractivity contribution in [2.45, 2.75) is 65.1 Å². The zero-order chi connectivity index (χ0) is 16.5. The third kappa shape index (κ3) is 7.59. The van der Waals surface area contributed by atoms with Gasteiger partial charge in [0.1, 0.15) is 6.10 Å². The Kier molecular flexibility index (Phi) is 8.17. The predicted octanol–water partition coefficient (Wildman–Crippen LogP) is 3.02. The fraction of sp³-hybridized carbons (Fsp3) is 0.765. The second kappa shape index (κ2) is 9.62. The second-order valence-electron chi connectivity index (χ2n) is 6.21. The molecule has 1 fully saturated rings. The maximum Gasteiger partial charge on any atom is 0.333 e. The molecule has 3 atom stereocenters. The molecule has 1 rings (SSSR count). The van der Waals surface area contributed by atoms with Gasteiger partial charge in [0, 0.05) is 25.0 Å². The Labute approximate surface area is 133 Å². The molecule has 1 saturated heterocycles. The molecule has 0 aliphatic carbocycles. The summed E-state index contributed by atoms with van der Waals surface area (Å²) in [7, 11) is 0. The van der Waals surface area contributed by atoms with Gasteiger partial charge in [-0.15, -0.1) is 0 Å². The smallest absolute Gasteiger partial charge is 0.333 e. The summed E-state index contributed by atoms with van der Waals surface area (Å²) in [5, 5.41) is 0. The molecule has 1 aliphatic rings. The highest BCUT2D eigenvalue weighted by atomic mass is 16.5. The average molecular weight is 312 g/mol. The van der Waals surface area contributed by atoms with Gasteiger partial charge in [0.2, 0.25) is 0 Å². The summed E-state index contributed by atoms with van der Waals surface area (Å²) < 4.78 is 16.1. The van der Waals surface area contributed by atoms with Crippen LogP contribution in [0.15, 0.2) is 12.2 Å². The van der Waals surface area contributed by atoms with Gasteiger partial charge in [-0.1, -0.05) is 13.5 Å². The van der Waals surface area contributed by atoms with E-state index in [9.17, 15) is 9.59 Å². The first-order valence-electron chi connectivity index (χ1n) is 8.02. The highest BCUT2D eigenvalue weighted by Gasteiger charge is 2.24.